The molecule has 1 fully saturated rings. The fourth-order valence-electron chi connectivity index (χ4n) is 2.69. The number of aromatic amines is 1. The van der Waals surface area contributed by atoms with Gasteiger partial charge in [0.05, 0.1) is 0 Å². The number of hydrogen-bond donors (Lipinski definition) is 1. The second kappa shape index (κ2) is 4.73. The van der Waals surface area contributed by atoms with Gasteiger partial charge in [0.25, 0.3) is 0 Å². The number of nitrogens with one attached hydrogen (secondary N) is 1. The van der Waals surface area contributed by atoms with Gasteiger partial charge in [-0.1, -0.05) is 12.1 Å². The Bertz CT molecular complexity index is 538. The molecule has 2 heterocycles. The van der Waals surface area contributed by atoms with Gasteiger partial charge in [-0.25, -0.2) is 4.39 Å². The highest BCUT2D eigenvalue weighted by Crippen LogP contribution is 2.20. The summed E-state index contributed by atoms with van der Waals surface area (Å²) < 4.78 is 13.1. The van der Waals surface area contributed by atoms with Crippen molar-refractivity contribution in [1.29, 1.82) is 0 Å². The molecule has 18 heavy (non-hydrogen) atoms. The molecule has 0 aliphatic carbocycles. The lowest BCUT2D eigenvalue weighted by Crippen LogP contribution is -2.33. The van der Waals surface area contributed by atoms with Crippen molar-refractivity contribution in [3.63, 3.8) is 0 Å². The fraction of sp³-hybridized carbons (Fsp3) is 0.467. The standard InChI is InChI=1S/C15H19FN2/c1-11-2-3-12-9-14(17-15(12)8-11)10-18-6-4-13(16)5-7-18/h2-3,8-9,13,17H,4-7,10H2,1H3. The normalized spacial score (nSPS) is 18.6. The van der Waals surface area contributed by atoms with Crippen LogP contribution in [0.1, 0.15) is 24.1 Å². The molecule has 1 N–H and O–H groups in total. The summed E-state index contributed by atoms with van der Waals surface area (Å²) >= 11 is 0. The van der Waals surface area contributed by atoms with Gasteiger partial charge in [-0.3, -0.25) is 4.90 Å². The summed E-state index contributed by atoms with van der Waals surface area (Å²) in [5.74, 6) is 0. The van der Waals surface area contributed by atoms with Gasteiger partial charge in [-0.2, -0.15) is 0 Å². The Morgan fingerprint density at radius 2 is 2.06 bits per heavy atom. The summed E-state index contributed by atoms with van der Waals surface area (Å²) in [6.45, 7) is 4.75. The lowest BCUT2D eigenvalue weighted by molar-refractivity contribution is 0.144. The minimum atomic E-state index is -0.591. The molecule has 3 rings (SSSR count). The zero-order chi connectivity index (χ0) is 12.5. The van der Waals surface area contributed by atoms with E-state index in [1.807, 2.05) is 0 Å². The van der Waals surface area contributed by atoms with E-state index in [0.717, 1.165) is 19.6 Å². The third kappa shape index (κ3) is 2.41. The monoisotopic (exact) mass is 246 g/mol. The van der Waals surface area contributed by atoms with E-state index in [4.69, 9.17) is 0 Å². The van der Waals surface area contributed by atoms with E-state index < -0.39 is 6.17 Å². The molecule has 2 nitrogen and oxygen atoms in total. The first-order valence-corrected chi connectivity index (χ1v) is 6.65. The SMILES string of the molecule is Cc1ccc2cc(CN3CCC(F)CC3)[nH]c2c1. The van der Waals surface area contributed by atoms with Gasteiger partial charge in [-0.15, -0.1) is 0 Å². The molecule has 0 amide bonds. The molecule has 1 aromatic heterocycles. The number of aryl methyl sites for hydroxylation is 1. The van der Waals surface area contributed by atoms with E-state index in [2.05, 4.69) is 41.1 Å². The lowest BCUT2D eigenvalue weighted by atomic mass is 10.1. The Kier molecular flexibility index (Phi) is 3.08. The van der Waals surface area contributed by atoms with Gasteiger partial charge in [0.15, 0.2) is 0 Å². The topological polar surface area (TPSA) is 19.0 Å². The molecule has 96 valence electrons. The molecular weight excluding hydrogens is 227 g/mol. The number of piperidine rings is 1. The number of fused-ring (bicyclic) bond motifs is 1. The van der Waals surface area contributed by atoms with E-state index in [1.54, 1.807) is 0 Å². The second-order valence-electron chi connectivity index (χ2n) is 5.34. The number of hydrogen-bond acceptors (Lipinski definition) is 1. The Morgan fingerprint density at radius 1 is 1.28 bits per heavy atom. The van der Waals surface area contributed by atoms with Crippen LogP contribution in [0.4, 0.5) is 4.39 Å². The van der Waals surface area contributed by atoms with Crippen LogP contribution in [0.5, 0.6) is 0 Å². The molecule has 1 aliphatic heterocycles. The molecule has 0 saturated carbocycles. The average molecular weight is 246 g/mol. The van der Waals surface area contributed by atoms with Crippen molar-refractivity contribution in [2.45, 2.75) is 32.5 Å². The highest BCUT2D eigenvalue weighted by molar-refractivity contribution is 5.81. The number of halogens is 1. The van der Waals surface area contributed by atoms with Gasteiger partial charge < -0.3 is 4.98 Å². The number of benzene rings is 1. The van der Waals surface area contributed by atoms with Crippen LogP contribution in [0.2, 0.25) is 0 Å². The predicted molar refractivity (Wildman–Crippen MR) is 72.4 cm³/mol. The summed E-state index contributed by atoms with van der Waals surface area (Å²) in [7, 11) is 0. The fourth-order valence-corrected chi connectivity index (χ4v) is 2.69. The number of nitrogens with zero attached hydrogens (tertiary/aromatic N) is 1. The van der Waals surface area contributed by atoms with Crippen LogP contribution in [0, 0.1) is 6.92 Å². The summed E-state index contributed by atoms with van der Waals surface area (Å²) in [6.07, 6.45) is 0.769. The quantitative estimate of drug-likeness (QED) is 0.860. The van der Waals surface area contributed by atoms with Gasteiger partial charge in [0.2, 0.25) is 0 Å². The number of rotatable bonds is 2. The molecule has 1 aromatic carbocycles. The maximum absolute atomic E-state index is 13.1. The number of aromatic nitrogens is 1. The molecule has 3 heteroatoms. The second-order valence-corrected chi connectivity index (χ2v) is 5.34. The van der Waals surface area contributed by atoms with Crippen LogP contribution in [-0.4, -0.2) is 29.1 Å². The number of likely N-dealkylation sites (tertiary alicyclic amines) is 1. The van der Waals surface area contributed by atoms with Crippen LogP contribution in [0.15, 0.2) is 24.3 Å². The molecule has 0 spiro atoms. The predicted octanol–water partition coefficient (Wildman–Crippen LogP) is 3.41. The summed E-state index contributed by atoms with van der Waals surface area (Å²) in [5.41, 5.74) is 3.70. The van der Waals surface area contributed by atoms with Gasteiger partial charge >= 0.3 is 0 Å². The maximum atomic E-state index is 13.1. The van der Waals surface area contributed by atoms with E-state index in [1.165, 1.54) is 22.2 Å². The van der Waals surface area contributed by atoms with Crippen LogP contribution in [0.3, 0.4) is 0 Å². The van der Waals surface area contributed by atoms with Crippen molar-refractivity contribution in [3.05, 3.63) is 35.5 Å². The highest BCUT2D eigenvalue weighted by atomic mass is 19.1. The first-order valence-electron chi connectivity index (χ1n) is 6.65. The van der Waals surface area contributed by atoms with Crippen LogP contribution < -0.4 is 0 Å². The number of H-pyrrole nitrogens is 1. The zero-order valence-corrected chi connectivity index (χ0v) is 10.7. The Hall–Kier alpha value is -1.35. The summed E-state index contributed by atoms with van der Waals surface area (Å²) in [4.78, 5) is 5.79. The van der Waals surface area contributed by atoms with Gasteiger partial charge in [0.1, 0.15) is 6.17 Å². The maximum Gasteiger partial charge on any atom is 0.103 e. The Morgan fingerprint density at radius 3 is 2.83 bits per heavy atom. The van der Waals surface area contributed by atoms with Crippen LogP contribution >= 0.6 is 0 Å². The van der Waals surface area contributed by atoms with Crippen molar-refractivity contribution in [1.82, 2.24) is 9.88 Å². The molecule has 0 atom stereocenters. The minimum Gasteiger partial charge on any atom is -0.357 e. The molecule has 1 aliphatic rings. The summed E-state index contributed by atoms with van der Waals surface area (Å²) in [6, 6.07) is 8.66. The van der Waals surface area contributed by atoms with Crippen LogP contribution in [0.25, 0.3) is 10.9 Å². The first-order chi connectivity index (χ1) is 8.70. The Labute approximate surface area is 107 Å². The first kappa shape index (κ1) is 11.7. The highest BCUT2D eigenvalue weighted by Gasteiger charge is 2.18. The van der Waals surface area contributed by atoms with Crippen LogP contribution in [-0.2, 0) is 6.54 Å². The third-order valence-electron chi connectivity index (χ3n) is 3.74. The minimum absolute atomic E-state index is 0.591. The third-order valence-corrected chi connectivity index (χ3v) is 3.74. The zero-order valence-electron chi connectivity index (χ0n) is 10.7. The smallest absolute Gasteiger partial charge is 0.103 e. The largest absolute Gasteiger partial charge is 0.357 e. The van der Waals surface area contributed by atoms with Gasteiger partial charge in [-0.05, 0) is 42.8 Å². The molecule has 0 bridgehead atoms. The molecule has 2 aromatic rings. The van der Waals surface area contributed by atoms with Crippen molar-refractivity contribution >= 4 is 10.9 Å². The molecule has 0 radical (unpaired) electrons. The van der Waals surface area contributed by atoms with E-state index in [0.29, 0.717) is 12.8 Å². The van der Waals surface area contributed by atoms with Crippen molar-refractivity contribution in [2.24, 2.45) is 0 Å². The molecule has 0 unspecified atom stereocenters. The molecule has 1 saturated heterocycles. The number of alkyl halides is 1. The van der Waals surface area contributed by atoms with E-state index >= 15 is 0 Å². The van der Waals surface area contributed by atoms with E-state index in [-0.39, 0.29) is 0 Å². The van der Waals surface area contributed by atoms with Gasteiger partial charge in [0, 0.05) is 30.8 Å². The molecular formula is C15H19FN2. The van der Waals surface area contributed by atoms with E-state index in [9.17, 15) is 4.39 Å². The Balaban J connectivity index is 1.74. The van der Waals surface area contributed by atoms with Crippen molar-refractivity contribution in [3.8, 4) is 0 Å². The van der Waals surface area contributed by atoms with Crippen molar-refractivity contribution < 1.29 is 4.39 Å². The average Bonchev–Trinajstić information content (AvgIpc) is 2.73. The lowest BCUT2D eigenvalue weighted by Gasteiger charge is -2.27. The summed E-state index contributed by atoms with van der Waals surface area (Å²) in [5, 5.41) is 1.26. The van der Waals surface area contributed by atoms with Crippen molar-refractivity contribution in [2.75, 3.05) is 13.1 Å².